The van der Waals surface area contributed by atoms with E-state index in [-0.39, 0.29) is 22.5 Å². The van der Waals surface area contributed by atoms with E-state index in [1.165, 1.54) is 23.3 Å². The average molecular weight is 596 g/mol. The zero-order valence-electron chi connectivity index (χ0n) is 21.5. The van der Waals surface area contributed by atoms with Crippen molar-refractivity contribution in [3.8, 4) is 0 Å². The van der Waals surface area contributed by atoms with E-state index in [0.717, 1.165) is 51.8 Å². The molecule has 3 aromatic rings. The van der Waals surface area contributed by atoms with Crippen molar-refractivity contribution in [3.63, 3.8) is 0 Å². The fraction of sp³-hybridized carbons (Fsp3) is 0.310. The molecule has 9 heteroatoms. The lowest BCUT2D eigenvalue weighted by Gasteiger charge is -2.28. The summed E-state index contributed by atoms with van der Waals surface area (Å²) in [5, 5.41) is 13.2. The molecule has 2 aromatic carbocycles. The van der Waals surface area contributed by atoms with Crippen molar-refractivity contribution >= 4 is 62.0 Å². The van der Waals surface area contributed by atoms with Gasteiger partial charge in [0.1, 0.15) is 7.05 Å². The number of carbonyl (C=O) groups is 1. The quantitative estimate of drug-likeness (QED) is 0.140. The minimum absolute atomic E-state index is 0.0390. The van der Waals surface area contributed by atoms with Crippen LogP contribution in [0.25, 0.3) is 17.0 Å². The van der Waals surface area contributed by atoms with Crippen LogP contribution in [0, 0.1) is 22.0 Å². The highest BCUT2D eigenvalue weighted by Crippen LogP contribution is 2.47. The van der Waals surface area contributed by atoms with E-state index in [1.54, 1.807) is 30.0 Å². The molecule has 0 spiro atoms. The van der Waals surface area contributed by atoms with Crippen LogP contribution in [0.1, 0.15) is 31.4 Å². The zero-order valence-corrected chi connectivity index (χ0v) is 23.9. The molecule has 38 heavy (non-hydrogen) atoms. The number of aromatic nitrogens is 1. The first kappa shape index (κ1) is 26.4. The van der Waals surface area contributed by atoms with E-state index < -0.39 is 0 Å². The maximum atomic E-state index is 12.1. The second-order valence-corrected chi connectivity index (χ2v) is 11.8. The van der Waals surface area contributed by atoms with E-state index in [0.29, 0.717) is 5.92 Å². The van der Waals surface area contributed by atoms with Gasteiger partial charge in [0.05, 0.1) is 34.1 Å². The number of nitro benzene ring substituents is 1. The summed E-state index contributed by atoms with van der Waals surface area (Å²) in [5.41, 5.74) is 4.41. The SMILES string of the molecule is COC(=O)C1CCC(C(=C\c2ccc3cc([N+](=O)[O-])ccc3[n+]2C)/C=C2/Sc3ccc(Br)cc3N2C)CC1. The molecule has 196 valence electrons. The van der Waals surface area contributed by atoms with Crippen LogP contribution in [-0.2, 0) is 16.6 Å². The van der Waals surface area contributed by atoms with Crippen molar-refractivity contribution in [2.45, 2.75) is 30.6 Å². The van der Waals surface area contributed by atoms with E-state index in [4.69, 9.17) is 4.74 Å². The third kappa shape index (κ3) is 5.22. The topological polar surface area (TPSA) is 76.6 Å². The molecular weight excluding hydrogens is 566 g/mol. The number of fused-ring (bicyclic) bond motifs is 2. The summed E-state index contributed by atoms with van der Waals surface area (Å²) in [4.78, 5) is 26.4. The number of halogens is 1. The van der Waals surface area contributed by atoms with Crippen molar-refractivity contribution in [3.05, 3.63) is 85.5 Å². The van der Waals surface area contributed by atoms with Gasteiger partial charge in [0.15, 0.2) is 0 Å². The van der Waals surface area contributed by atoms with E-state index in [2.05, 4.69) is 62.8 Å². The standard InChI is InChI=1S/C29H29BrN3O4S/c1-31-23(10-8-20-14-24(33(35)36)11-12-25(20)31)15-21(18-4-6-19(7-5-18)29(34)37-3)16-28-32(2)26-17-22(30)9-13-27(26)38-28/h8-19H,4-7H2,1-3H3/q+1. The Hall–Kier alpha value is -3.17. The third-order valence-corrected chi connectivity index (χ3v) is 9.23. The van der Waals surface area contributed by atoms with E-state index in [1.807, 2.05) is 19.2 Å². The summed E-state index contributed by atoms with van der Waals surface area (Å²) in [5.74, 6) is 0.151. The molecule has 2 heterocycles. The van der Waals surface area contributed by atoms with E-state index >= 15 is 0 Å². The number of aryl methyl sites for hydroxylation is 1. The molecule has 0 radical (unpaired) electrons. The Morgan fingerprint density at radius 3 is 2.58 bits per heavy atom. The van der Waals surface area contributed by atoms with Gasteiger partial charge in [-0.1, -0.05) is 27.7 Å². The molecule has 0 bridgehead atoms. The van der Waals surface area contributed by atoms with Crippen LogP contribution >= 0.6 is 27.7 Å². The number of nitrogens with zero attached hydrogens (tertiary/aromatic N) is 3. The van der Waals surface area contributed by atoms with Crippen LogP contribution in [0.3, 0.4) is 0 Å². The number of nitro groups is 1. The van der Waals surface area contributed by atoms with Crippen molar-refractivity contribution in [1.29, 1.82) is 0 Å². The fourth-order valence-electron chi connectivity index (χ4n) is 5.35. The van der Waals surface area contributed by atoms with Gasteiger partial charge in [0.2, 0.25) is 11.2 Å². The second-order valence-electron chi connectivity index (χ2n) is 9.79. The van der Waals surface area contributed by atoms with Crippen LogP contribution in [0.2, 0.25) is 0 Å². The molecule has 1 saturated carbocycles. The number of ether oxygens (including phenoxy) is 1. The minimum atomic E-state index is -0.367. The molecule has 2 aliphatic rings. The fourth-order valence-corrected chi connectivity index (χ4v) is 6.79. The largest absolute Gasteiger partial charge is 0.469 e. The summed E-state index contributed by atoms with van der Waals surface area (Å²) in [7, 11) is 5.54. The van der Waals surface area contributed by atoms with Gasteiger partial charge in [0.25, 0.3) is 5.69 Å². The minimum Gasteiger partial charge on any atom is -0.469 e. The first-order chi connectivity index (χ1) is 18.2. The molecule has 1 aromatic heterocycles. The van der Waals surface area contributed by atoms with Crippen molar-refractivity contribution in [1.82, 2.24) is 0 Å². The maximum Gasteiger partial charge on any atom is 0.308 e. The predicted molar refractivity (Wildman–Crippen MR) is 154 cm³/mol. The van der Waals surface area contributed by atoms with Crippen LogP contribution in [0.4, 0.5) is 11.4 Å². The number of hydrogen-bond acceptors (Lipinski definition) is 6. The van der Waals surface area contributed by atoms with Crippen LogP contribution in [-0.4, -0.2) is 25.1 Å². The van der Waals surface area contributed by atoms with Crippen molar-refractivity contribution in [2.24, 2.45) is 18.9 Å². The monoisotopic (exact) mass is 594 g/mol. The second kappa shape index (κ2) is 10.9. The molecule has 1 fully saturated rings. The van der Waals surface area contributed by atoms with Gasteiger partial charge < -0.3 is 9.64 Å². The molecule has 0 N–H and O–H groups in total. The molecule has 7 nitrogen and oxygen atoms in total. The number of rotatable bonds is 5. The normalized spacial score (nSPS) is 20.6. The summed E-state index contributed by atoms with van der Waals surface area (Å²) in [6.07, 6.45) is 7.94. The molecular formula is C29H29BrN3O4S+. The highest BCUT2D eigenvalue weighted by molar-refractivity contribution is 9.10. The highest BCUT2D eigenvalue weighted by atomic mass is 79.9. The van der Waals surface area contributed by atoms with Crippen molar-refractivity contribution in [2.75, 3.05) is 19.1 Å². The average Bonchev–Trinajstić information content (AvgIpc) is 3.23. The Balaban J connectivity index is 1.53. The number of pyridine rings is 1. The Morgan fingerprint density at radius 1 is 1.13 bits per heavy atom. The number of allylic oxidation sites excluding steroid dienone is 2. The lowest BCUT2D eigenvalue weighted by molar-refractivity contribution is -0.646. The molecule has 0 atom stereocenters. The van der Waals surface area contributed by atoms with Crippen molar-refractivity contribution < 1.29 is 19.0 Å². The number of esters is 1. The smallest absolute Gasteiger partial charge is 0.308 e. The number of benzene rings is 2. The molecule has 0 unspecified atom stereocenters. The Morgan fingerprint density at radius 2 is 1.87 bits per heavy atom. The summed E-state index contributed by atoms with van der Waals surface area (Å²) < 4.78 is 8.13. The molecule has 0 amide bonds. The third-order valence-electron chi connectivity index (χ3n) is 7.57. The van der Waals surface area contributed by atoms with Gasteiger partial charge in [-0.25, -0.2) is 0 Å². The summed E-state index contributed by atoms with van der Waals surface area (Å²) in [6, 6.07) is 15.3. The summed E-state index contributed by atoms with van der Waals surface area (Å²) in [6.45, 7) is 0. The summed E-state index contributed by atoms with van der Waals surface area (Å²) >= 11 is 5.35. The maximum absolute atomic E-state index is 12.1. The first-order valence-corrected chi connectivity index (χ1v) is 14.2. The van der Waals surface area contributed by atoms with E-state index in [9.17, 15) is 14.9 Å². The number of hydrogen-bond donors (Lipinski definition) is 0. The number of methoxy groups -OCH3 is 1. The van der Waals surface area contributed by atoms with Crippen LogP contribution in [0.15, 0.2) is 74.6 Å². The van der Waals surface area contributed by atoms with Crippen LogP contribution in [0.5, 0.6) is 0 Å². The number of anilines is 1. The molecule has 0 saturated heterocycles. The number of thioether (sulfide) groups is 1. The van der Waals surface area contributed by atoms with Gasteiger partial charge in [-0.3, -0.25) is 14.9 Å². The zero-order chi connectivity index (χ0) is 27.0. The first-order valence-electron chi connectivity index (χ1n) is 12.5. The highest BCUT2D eigenvalue weighted by Gasteiger charge is 2.30. The Bertz CT molecular complexity index is 1490. The van der Waals surface area contributed by atoms with Gasteiger partial charge >= 0.3 is 5.97 Å². The number of carbonyl (C=O) groups excluding carboxylic acids is 1. The van der Waals surface area contributed by atoms with Gasteiger partial charge in [0, 0.05) is 46.8 Å². The lowest BCUT2D eigenvalue weighted by Crippen LogP contribution is -2.33. The van der Waals surface area contributed by atoms with Gasteiger partial charge in [-0.15, -0.1) is 0 Å². The van der Waals surface area contributed by atoms with Crippen LogP contribution < -0.4 is 9.47 Å². The molecule has 1 aliphatic carbocycles. The molecule has 1 aliphatic heterocycles. The lowest BCUT2D eigenvalue weighted by atomic mass is 9.78. The Kier molecular flexibility index (Phi) is 7.59. The Labute approximate surface area is 234 Å². The number of non-ortho nitro benzene ring substituents is 1. The van der Waals surface area contributed by atoms with Gasteiger partial charge in [-0.05, 0) is 67.5 Å². The molecule has 5 rings (SSSR count). The predicted octanol–water partition coefficient (Wildman–Crippen LogP) is 6.78. The van der Waals surface area contributed by atoms with Gasteiger partial charge in [-0.2, -0.15) is 4.57 Å².